The first-order valence-electron chi connectivity index (χ1n) is 5.72. The molecule has 0 bridgehead atoms. The van der Waals surface area contributed by atoms with Crippen molar-refractivity contribution in [3.8, 4) is 0 Å². The van der Waals surface area contributed by atoms with E-state index in [4.69, 9.17) is 11.6 Å². The van der Waals surface area contributed by atoms with Crippen molar-refractivity contribution >= 4 is 17.4 Å². The maximum atomic E-state index is 6.04. The Kier molecular flexibility index (Phi) is 3.78. The first-order chi connectivity index (χ1) is 7.81. The lowest BCUT2D eigenvalue weighted by molar-refractivity contribution is 0.640. The van der Waals surface area contributed by atoms with Crippen LogP contribution in [0.25, 0.3) is 0 Å². The van der Waals surface area contributed by atoms with E-state index in [9.17, 15) is 0 Å². The second kappa shape index (κ2) is 5.30. The molecule has 1 unspecified atom stereocenters. The predicted molar refractivity (Wildman–Crippen MR) is 66.8 cm³/mol. The molecule has 1 aliphatic rings. The molecule has 16 heavy (non-hydrogen) atoms. The molecular weight excluding hydrogens is 222 g/mol. The molecule has 0 aromatic carbocycles. The Morgan fingerprint density at radius 3 is 3.00 bits per heavy atom. The van der Waals surface area contributed by atoms with Gasteiger partial charge in [-0.3, -0.25) is 0 Å². The van der Waals surface area contributed by atoms with Gasteiger partial charge in [0.25, 0.3) is 0 Å². The second-order valence-corrected chi connectivity index (χ2v) is 4.33. The summed E-state index contributed by atoms with van der Waals surface area (Å²) in [4.78, 5) is 8.28. The van der Waals surface area contributed by atoms with Crippen molar-refractivity contribution in [2.75, 3.05) is 5.32 Å². The molecule has 1 N–H and O–H groups in total. The van der Waals surface area contributed by atoms with Gasteiger partial charge in [-0.2, -0.15) is 0 Å². The monoisotopic (exact) mass is 237 g/mol. The van der Waals surface area contributed by atoms with E-state index in [-0.39, 0.29) is 0 Å². The van der Waals surface area contributed by atoms with Crippen LogP contribution in [0.15, 0.2) is 18.5 Å². The minimum Gasteiger partial charge on any atom is -0.367 e. The van der Waals surface area contributed by atoms with Gasteiger partial charge in [0, 0.05) is 11.6 Å². The summed E-state index contributed by atoms with van der Waals surface area (Å²) in [6.45, 7) is 2.07. The molecule has 1 aliphatic carbocycles. The Hall–Kier alpha value is -1.09. The number of halogens is 1. The zero-order valence-corrected chi connectivity index (χ0v) is 10.2. The maximum Gasteiger partial charge on any atom is 0.137 e. The van der Waals surface area contributed by atoms with E-state index in [1.165, 1.54) is 6.33 Å². The first kappa shape index (κ1) is 11.4. The van der Waals surface area contributed by atoms with Gasteiger partial charge in [-0.25, -0.2) is 9.97 Å². The Bertz CT molecular complexity index is 390. The summed E-state index contributed by atoms with van der Waals surface area (Å²) in [6.07, 6.45) is 10.2. The molecule has 0 saturated heterocycles. The average Bonchev–Trinajstić information content (AvgIpc) is 2.31. The van der Waals surface area contributed by atoms with Gasteiger partial charge < -0.3 is 5.32 Å². The molecule has 2 rings (SSSR count). The Balaban J connectivity index is 2.14. The topological polar surface area (TPSA) is 37.8 Å². The van der Waals surface area contributed by atoms with Crippen LogP contribution in [0.5, 0.6) is 0 Å². The van der Waals surface area contributed by atoms with Gasteiger partial charge in [0.05, 0.1) is 0 Å². The summed E-state index contributed by atoms with van der Waals surface area (Å²) in [5, 5.41) is 4.02. The predicted octanol–water partition coefficient (Wildman–Crippen LogP) is 3.21. The quantitative estimate of drug-likeness (QED) is 0.648. The third-order valence-corrected chi connectivity index (χ3v) is 3.18. The van der Waals surface area contributed by atoms with Gasteiger partial charge >= 0.3 is 0 Å². The minimum atomic E-state index is 0.473. The van der Waals surface area contributed by atoms with Crippen LogP contribution in [-0.4, -0.2) is 16.0 Å². The summed E-state index contributed by atoms with van der Waals surface area (Å²) >= 11 is 6.04. The summed E-state index contributed by atoms with van der Waals surface area (Å²) < 4.78 is 0. The molecule has 1 atom stereocenters. The summed E-state index contributed by atoms with van der Waals surface area (Å²) in [5.41, 5.74) is 1.01. The lowest BCUT2D eigenvalue weighted by Gasteiger charge is -2.21. The molecule has 0 amide bonds. The third-order valence-electron chi connectivity index (χ3n) is 2.86. The van der Waals surface area contributed by atoms with Crippen LogP contribution >= 0.6 is 11.6 Å². The molecule has 0 aliphatic heterocycles. The Morgan fingerprint density at radius 2 is 2.31 bits per heavy atom. The molecule has 4 heteroatoms. The number of nitrogens with zero attached hydrogens (tertiary/aromatic N) is 2. The zero-order valence-electron chi connectivity index (χ0n) is 9.41. The van der Waals surface area contributed by atoms with Crippen LogP contribution in [0.2, 0.25) is 5.15 Å². The fourth-order valence-corrected chi connectivity index (χ4v) is 2.21. The highest BCUT2D eigenvalue weighted by atomic mass is 35.5. The number of allylic oxidation sites excluding steroid dienone is 1. The van der Waals surface area contributed by atoms with Crippen molar-refractivity contribution in [3.63, 3.8) is 0 Å². The van der Waals surface area contributed by atoms with E-state index < -0.39 is 0 Å². The fraction of sp³-hybridized carbons (Fsp3) is 0.500. The average molecular weight is 238 g/mol. The number of nitrogens with one attached hydrogen (secondary N) is 1. The van der Waals surface area contributed by atoms with Crippen molar-refractivity contribution in [1.82, 2.24) is 9.97 Å². The molecule has 0 radical (unpaired) electrons. The molecule has 1 heterocycles. The van der Waals surface area contributed by atoms with E-state index in [0.29, 0.717) is 11.2 Å². The minimum absolute atomic E-state index is 0.473. The fourth-order valence-electron chi connectivity index (χ4n) is 1.95. The highest BCUT2D eigenvalue weighted by Gasteiger charge is 2.13. The number of hydrogen-bond donors (Lipinski definition) is 1. The first-order valence-corrected chi connectivity index (χ1v) is 6.10. The Labute approximate surface area is 101 Å². The highest BCUT2D eigenvalue weighted by Crippen LogP contribution is 2.23. The van der Waals surface area contributed by atoms with Crippen molar-refractivity contribution in [2.24, 2.45) is 0 Å². The van der Waals surface area contributed by atoms with E-state index in [1.54, 1.807) is 0 Å². The van der Waals surface area contributed by atoms with Gasteiger partial charge in [0.1, 0.15) is 17.3 Å². The van der Waals surface area contributed by atoms with Crippen molar-refractivity contribution in [2.45, 2.75) is 38.6 Å². The molecule has 1 aromatic heterocycles. The number of anilines is 1. The zero-order chi connectivity index (χ0) is 11.4. The van der Waals surface area contributed by atoms with Crippen molar-refractivity contribution in [1.29, 1.82) is 0 Å². The smallest absolute Gasteiger partial charge is 0.137 e. The van der Waals surface area contributed by atoms with Crippen molar-refractivity contribution < 1.29 is 0 Å². The molecule has 86 valence electrons. The van der Waals surface area contributed by atoms with Crippen LogP contribution in [0.1, 0.15) is 31.7 Å². The standard InChI is InChI=1S/C12H16ClN3/c1-2-10-11(13)14-8-15-12(10)16-9-6-4-3-5-7-9/h3-4,8-9H,2,5-7H2,1H3,(H,14,15,16). The van der Waals surface area contributed by atoms with Crippen LogP contribution in [-0.2, 0) is 6.42 Å². The largest absolute Gasteiger partial charge is 0.367 e. The molecule has 0 spiro atoms. The van der Waals surface area contributed by atoms with Gasteiger partial charge in [-0.05, 0) is 25.7 Å². The van der Waals surface area contributed by atoms with Gasteiger partial charge in [0.2, 0.25) is 0 Å². The van der Waals surface area contributed by atoms with Gasteiger partial charge in [-0.15, -0.1) is 0 Å². The normalized spacial score (nSPS) is 19.8. The molecule has 0 fully saturated rings. The second-order valence-electron chi connectivity index (χ2n) is 3.97. The lowest BCUT2D eigenvalue weighted by Crippen LogP contribution is -2.22. The van der Waals surface area contributed by atoms with Gasteiger partial charge in [0.15, 0.2) is 0 Å². The van der Waals surface area contributed by atoms with Crippen LogP contribution < -0.4 is 5.32 Å². The van der Waals surface area contributed by atoms with Crippen molar-refractivity contribution in [3.05, 3.63) is 29.2 Å². The number of rotatable bonds is 3. The van der Waals surface area contributed by atoms with Crippen LogP contribution in [0.4, 0.5) is 5.82 Å². The molecule has 0 saturated carbocycles. The SMILES string of the molecule is CCc1c(Cl)ncnc1NC1CC=CCC1. The maximum absolute atomic E-state index is 6.04. The van der Waals surface area contributed by atoms with E-state index in [1.807, 2.05) is 0 Å². The van der Waals surface area contributed by atoms with E-state index in [2.05, 4.69) is 34.4 Å². The third kappa shape index (κ3) is 2.53. The molecule has 3 nitrogen and oxygen atoms in total. The van der Waals surface area contributed by atoms with E-state index >= 15 is 0 Å². The highest BCUT2D eigenvalue weighted by molar-refractivity contribution is 6.30. The summed E-state index contributed by atoms with van der Waals surface area (Å²) in [5.74, 6) is 0.891. The molecule has 1 aromatic rings. The van der Waals surface area contributed by atoms with Crippen LogP contribution in [0.3, 0.4) is 0 Å². The lowest BCUT2D eigenvalue weighted by atomic mass is 10.0. The number of aromatic nitrogens is 2. The van der Waals surface area contributed by atoms with E-state index in [0.717, 1.165) is 37.1 Å². The molecular formula is C12H16ClN3. The number of hydrogen-bond acceptors (Lipinski definition) is 3. The summed E-state index contributed by atoms with van der Waals surface area (Å²) in [7, 11) is 0. The van der Waals surface area contributed by atoms with Crippen LogP contribution in [0, 0.1) is 0 Å². The summed E-state index contributed by atoms with van der Waals surface area (Å²) in [6, 6.07) is 0.473. The van der Waals surface area contributed by atoms with Gasteiger partial charge in [-0.1, -0.05) is 30.7 Å². The Morgan fingerprint density at radius 1 is 1.44 bits per heavy atom.